The third-order valence-electron chi connectivity index (χ3n) is 6.59. The topological polar surface area (TPSA) is 56.6 Å². The highest BCUT2D eigenvalue weighted by Crippen LogP contribution is 2.29. The number of rotatable bonds is 7. The van der Waals surface area contributed by atoms with Crippen LogP contribution in [-0.4, -0.2) is 41.1 Å². The smallest absolute Gasteiger partial charge is 0.250 e. The first-order chi connectivity index (χ1) is 16.7. The van der Waals surface area contributed by atoms with E-state index in [1.54, 1.807) is 31.5 Å². The fraction of sp³-hybridized carbons (Fsp3) is 0.357. The van der Waals surface area contributed by atoms with Gasteiger partial charge in [0, 0.05) is 37.5 Å². The van der Waals surface area contributed by atoms with Gasteiger partial charge in [0.1, 0.15) is 11.6 Å². The van der Waals surface area contributed by atoms with Crippen LogP contribution in [0.1, 0.15) is 49.1 Å². The summed E-state index contributed by atoms with van der Waals surface area (Å²) in [5.41, 5.74) is 4.06. The molecule has 2 aromatic carbocycles. The van der Waals surface area contributed by atoms with Gasteiger partial charge in [-0.25, -0.2) is 9.37 Å². The Kier molecular flexibility index (Phi) is 7.08. The number of ether oxygens (including phenoxy) is 2. The molecule has 1 amide bonds. The van der Waals surface area contributed by atoms with Gasteiger partial charge >= 0.3 is 0 Å². The normalized spacial score (nSPS) is 15.7. The van der Waals surface area contributed by atoms with E-state index in [-0.39, 0.29) is 18.3 Å². The van der Waals surface area contributed by atoms with E-state index in [4.69, 9.17) is 9.47 Å². The van der Waals surface area contributed by atoms with Gasteiger partial charge in [-0.15, -0.1) is 0 Å². The van der Waals surface area contributed by atoms with Gasteiger partial charge in [0.15, 0.2) is 0 Å². The second-order valence-electron chi connectivity index (χ2n) is 9.37. The Morgan fingerprint density at radius 1 is 1.17 bits per heavy atom. The zero-order valence-corrected chi connectivity index (χ0v) is 21.0. The van der Waals surface area contributed by atoms with Crippen LogP contribution in [0.25, 0.3) is 11.8 Å². The number of halogens is 1. The quantitative estimate of drug-likeness (QED) is 0.427. The van der Waals surface area contributed by atoms with Gasteiger partial charge in [-0.2, -0.15) is 0 Å². The lowest BCUT2D eigenvalue weighted by atomic mass is 9.96. The molecule has 0 saturated carbocycles. The van der Waals surface area contributed by atoms with Gasteiger partial charge in [-0.05, 0) is 69.0 Å². The maximum Gasteiger partial charge on any atom is 0.250 e. The van der Waals surface area contributed by atoms with E-state index >= 15 is 0 Å². The third-order valence-corrected chi connectivity index (χ3v) is 6.59. The van der Waals surface area contributed by atoms with Crippen LogP contribution in [0, 0.1) is 12.7 Å². The van der Waals surface area contributed by atoms with Gasteiger partial charge in [0.05, 0.1) is 30.4 Å². The maximum absolute atomic E-state index is 14.9. The fourth-order valence-corrected chi connectivity index (χ4v) is 4.28. The average molecular weight is 478 g/mol. The number of hydrogen-bond donors (Lipinski definition) is 0. The van der Waals surface area contributed by atoms with Gasteiger partial charge in [-0.1, -0.05) is 18.2 Å². The van der Waals surface area contributed by atoms with Crippen molar-refractivity contribution >= 4 is 12.0 Å². The molecule has 1 aromatic heterocycles. The van der Waals surface area contributed by atoms with E-state index < -0.39 is 5.60 Å². The van der Waals surface area contributed by atoms with E-state index in [9.17, 15) is 9.18 Å². The Hall–Kier alpha value is -3.45. The highest BCUT2D eigenvalue weighted by Gasteiger charge is 2.25. The molecular weight excluding hydrogens is 445 g/mol. The number of piperidine rings is 1. The standard InChI is InChI=1S/C28H32FN3O3/c1-19-16-32(18-30-19)25-11-8-20(14-26(25)34-4)13-21-7-6-12-31(27(21)33)17-22-9-10-23(15-24(22)29)28(2,3)35-5/h8-11,13-16,18H,6-7,12,17H2,1-5H3/b21-13+. The second-order valence-corrected chi connectivity index (χ2v) is 9.37. The molecule has 3 aromatic rings. The Labute approximate surface area is 206 Å². The van der Waals surface area contributed by atoms with E-state index in [2.05, 4.69) is 4.98 Å². The summed E-state index contributed by atoms with van der Waals surface area (Å²) in [5.74, 6) is 0.301. The molecule has 184 valence electrons. The lowest BCUT2D eigenvalue weighted by Gasteiger charge is -2.29. The van der Waals surface area contributed by atoms with Crippen LogP contribution in [0.5, 0.6) is 5.75 Å². The molecule has 2 heterocycles. The summed E-state index contributed by atoms with van der Waals surface area (Å²) in [6, 6.07) is 10.9. The number of amides is 1. The SMILES string of the molecule is COc1cc(/C=C2\CCCN(Cc3ccc(C(C)(C)OC)cc3F)C2=O)ccc1-n1cnc(C)c1. The van der Waals surface area contributed by atoms with Crippen molar-refractivity contribution in [2.75, 3.05) is 20.8 Å². The number of imidazole rings is 1. The highest BCUT2D eigenvalue weighted by molar-refractivity contribution is 5.98. The van der Waals surface area contributed by atoms with E-state index in [1.165, 1.54) is 6.07 Å². The summed E-state index contributed by atoms with van der Waals surface area (Å²) in [6.07, 6.45) is 7.10. The maximum atomic E-state index is 14.9. The number of hydrogen-bond acceptors (Lipinski definition) is 4. The molecule has 35 heavy (non-hydrogen) atoms. The lowest BCUT2D eigenvalue weighted by molar-refractivity contribution is -0.129. The van der Waals surface area contributed by atoms with Crippen LogP contribution >= 0.6 is 0 Å². The zero-order valence-electron chi connectivity index (χ0n) is 21.0. The Morgan fingerprint density at radius 2 is 1.97 bits per heavy atom. The average Bonchev–Trinajstić information content (AvgIpc) is 3.28. The number of likely N-dealkylation sites (tertiary alicyclic amines) is 1. The molecule has 1 aliphatic heterocycles. The summed E-state index contributed by atoms with van der Waals surface area (Å²) in [5, 5.41) is 0. The summed E-state index contributed by atoms with van der Waals surface area (Å²) in [6.45, 7) is 6.55. The number of methoxy groups -OCH3 is 2. The Balaban J connectivity index is 1.54. The molecule has 0 bridgehead atoms. The minimum atomic E-state index is -0.580. The van der Waals surface area contributed by atoms with Crippen LogP contribution in [0.3, 0.4) is 0 Å². The van der Waals surface area contributed by atoms with Crippen molar-refractivity contribution in [1.29, 1.82) is 0 Å². The molecule has 1 fully saturated rings. The molecule has 1 saturated heterocycles. The second kappa shape index (κ2) is 10.0. The number of carbonyl (C=O) groups is 1. The minimum absolute atomic E-state index is 0.0646. The van der Waals surface area contributed by atoms with Crippen molar-refractivity contribution in [3.05, 3.63) is 82.7 Å². The lowest BCUT2D eigenvalue weighted by Crippen LogP contribution is -2.36. The molecule has 1 aliphatic rings. The van der Waals surface area contributed by atoms with Crippen molar-refractivity contribution < 1.29 is 18.7 Å². The fourth-order valence-electron chi connectivity index (χ4n) is 4.28. The predicted molar refractivity (Wildman–Crippen MR) is 134 cm³/mol. The van der Waals surface area contributed by atoms with Gasteiger partial charge in [-0.3, -0.25) is 4.79 Å². The zero-order chi connectivity index (χ0) is 25.2. The first-order valence-electron chi connectivity index (χ1n) is 11.7. The first kappa shape index (κ1) is 24.7. The van der Waals surface area contributed by atoms with Crippen LogP contribution < -0.4 is 4.74 Å². The van der Waals surface area contributed by atoms with Gasteiger partial charge in [0.2, 0.25) is 5.91 Å². The molecule has 0 atom stereocenters. The summed E-state index contributed by atoms with van der Waals surface area (Å²) in [4.78, 5) is 19.2. The van der Waals surface area contributed by atoms with Crippen molar-refractivity contribution in [3.8, 4) is 11.4 Å². The number of aryl methyl sites for hydroxylation is 1. The van der Waals surface area contributed by atoms with Crippen molar-refractivity contribution in [1.82, 2.24) is 14.5 Å². The molecule has 0 spiro atoms. The van der Waals surface area contributed by atoms with Crippen LogP contribution in [0.4, 0.5) is 4.39 Å². The predicted octanol–water partition coefficient (Wildman–Crippen LogP) is 5.42. The van der Waals surface area contributed by atoms with E-state index in [1.807, 2.05) is 61.9 Å². The third kappa shape index (κ3) is 5.30. The van der Waals surface area contributed by atoms with Crippen molar-refractivity contribution in [2.24, 2.45) is 0 Å². The van der Waals surface area contributed by atoms with Crippen molar-refractivity contribution in [2.45, 2.75) is 45.8 Å². The molecule has 0 unspecified atom stereocenters. The number of nitrogens with zero attached hydrogens (tertiary/aromatic N) is 3. The molecule has 0 aliphatic carbocycles. The van der Waals surface area contributed by atoms with Crippen LogP contribution in [0.2, 0.25) is 0 Å². The number of carbonyl (C=O) groups excluding carboxylic acids is 1. The van der Waals surface area contributed by atoms with Crippen LogP contribution in [-0.2, 0) is 21.7 Å². The number of aromatic nitrogens is 2. The minimum Gasteiger partial charge on any atom is -0.495 e. The molecule has 7 heteroatoms. The van der Waals surface area contributed by atoms with Gasteiger partial charge < -0.3 is 18.9 Å². The largest absolute Gasteiger partial charge is 0.495 e. The first-order valence-corrected chi connectivity index (χ1v) is 11.7. The van der Waals surface area contributed by atoms with Gasteiger partial charge in [0.25, 0.3) is 0 Å². The molecule has 4 rings (SSSR count). The number of benzene rings is 2. The molecule has 0 radical (unpaired) electrons. The summed E-state index contributed by atoms with van der Waals surface area (Å²) in [7, 11) is 3.23. The summed E-state index contributed by atoms with van der Waals surface area (Å²) < 4.78 is 27.8. The Morgan fingerprint density at radius 3 is 2.63 bits per heavy atom. The highest BCUT2D eigenvalue weighted by atomic mass is 19.1. The summed E-state index contributed by atoms with van der Waals surface area (Å²) >= 11 is 0. The van der Waals surface area contributed by atoms with E-state index in [0.29, 0.717) is 29.9 Å². The van der Waals surface area contributed by atoms with Crippen LogP contribution in [0.15, 0.2) is 54.5 Å². The van der Waals surface area contributed by atoms with Crippen molar-refractivity contribution in [3.63, 3.8) is 0 Å². The molecule has 0 N–H and O–H groups in total. The molecular formula is C28H32FN3O3. The molecule has 6 nitrogen and oxygen atoms in total. The monoisotopic (exact) mass is 477 g/mol. The van der Waals surface area contributed by atoms with E-state index in [0.717, 1.165) is 28.9 Å². The Bertz CT molecular complexity index is 1260.